The highest BCUT2D eigenvalue weighted by Gasteiger charge is 2.18. The number of nitrogens with one attached hydrogen (secondary N) is 2. The Bertz CT molecular complexity index is 819. The highest BCUT2D eigenvalue weighted by Crippen LogP contribution is 2.19. The summed E-state index contributed by atoms with van der Waals surface area (Å²) in [5, 5.41) is 5.88. The van der Waals surface area contributed by atoms with Gasteiger partial charge in [0, 0.05) is 25.2 Å². The van der Waals surface area contributed by atoms with Gasteiger partial charge < -0.3 is 15.5 Å². The van der Waals surface area contributed by atoms with Crippen molar-refractivity contribution in [3.05, 3.63) is 65.2 Å². The van der Waals surface area contributed by atoms with Gasteiger partial charge in [-0.25, -0.2) is 4.79 Å². The van der Waals surface area contributed by atoms with Crippen molar-refractivity contribution in [1.82, 2.24) is 10.2 Å². The smallest absolute Gasteiger partial charge is 0.319 e. The van der Waals surface area contributed by atoms with E-state index in [1.807, 2.05) is 67.3 Å². The van der Waals surface area contributed by atoms with E-state index in [9.17, 15) is 9.59 Å². The maximum absolute atomic E-state index is 12.4. The van der Waals surface area contributed by atoms with E-state index < -0.39 is 0 Å². The third-order valence-corrected chi connectivity index (χ3v) is 4.98. The van der Waals surface area contributed by atoms with E-state index in [0.29, 0.717) is 13.0 Å². The lowest BCUT2D eigenvalue weighted by atomic mass is 10.0. The largest absolute Gasteiger partial charge is 0.338 e. The summed E-state index contributed by atoms with van der Waals surface area (Å²) in [5.74, 6) is 0.212. The highest BCUT2D eigenvalue weighted by molar-refractivity contribution is 5.89. The van der Waals surface area contributed by atoms with E-state index in [-0.39, 0.29) is 18.0 Å². The van der Waals surface area contributed by atoms with E-state index in [1.54, 1.807) is 0 Å². The quantitative estimate of drug-likeness (QED) is 0.825. The molecule has 1 heterocycles. The Morgan fingerprint density at radius 1 is 1.15 bits per heavy atom. The minimum absolute atomic E-state index is 0.0830. The molecule has 27 heavy (non-hydrogen) atoms. The number of amides is 3. The Hall–Kier alpha value is -2.82. The van der Waals surface area contributed by atoms with Crippen LogP contribution >= 0.6 is 0 Å². The van der Waals surface area contributed by atoms with Crippen LogP contribution in [0.25, 0.3) is 0 Å². The second-order valence-corrected chi connectivity index (χ2v) is 7.15. The molecule has 3 rings (SSSR count). The van der Waals surface area contributed by atoms with Gasteiger partial charge in [-0.15, -0.1) is 0 Å². The predicted octanol–water partition coefficient (Wildman–Crippen LogP) is 4.39. The van der Waals surface area contributed by atoms with Gasteiger partial charge in [0.2, 0.25) is 5.91 Å². The number of hydrogen-bond acceptors (Lipinski definition) is 2. The molecule has 1 saturated heterocycles. The van der Waals surface area contributed by atoms with Crippen LogP contribution in [0.2, 0.25) is 0 Å². The number of carbonyl (C=O) groups excluding carboxylic acids is 2. The molecule has 2 aromatic rings. The number of nitrogens with zero attached hydrogens (tertiary/aromatic N) is 1. The molecule has 0 bridgehead atoms. The van der Waals surface area contributed by atoms with Gasteiger partial charge in [-0.2, -0.15) is 0 Å². The minimum atomic E-state index is -0.239. The SMILES string of the molecule is Cc1ccccc1C(C)NC(=O)Nc1cccc(CN2CCCCC2=O)c1. The fraction of sp³-hybridized carbons (Fsp3) is 0.364. The number of anilines is 1. The number of piperidine rings is 1. The average Bonchev–Trinajstić information content (AvgIpc) is 2.64. The first kappa shape index (κ1) is 19.0. The molecule has 5 nitrogen and oxygen atoms in total. The monoisotopic (exact) mass is 365 g/mol. The van der Waals surface area contributed by atoms with Crippen LogP contribution in [-0.4, -0.2) is 23.4 Å². The number of likely N-dealkylation sites (tertiary alicyclic amines) is 1. The normalized spacial score (nSPS) is 15.3. The van der Waals surface area contributed by atoms with Crippen molar-refractivity contribution in [2.75, 3.05) is 11.9 Å². The van der Waals surface area contributed by atoms with Crippen molar-refractivity contribution in [1.29, 1.82) is 0 Å². The van der Waals surface area contributed by atoms with Crippen molar-refractivity contribution in [2.45, 2.75) is 45.7 Å². The van der Waals surface area contributed by atoms with Crippen LogP contribution in [0.3, 0.4) is 0 Å². The Morgan fingerprint density at radius 2 is 1.96 bits per heavy atom. The first-order chi connectivity index (χ1) is 13.0. The lowest BCUT2D eigenvalue weighted by molar-refractivity contribution is -0.133. The molecule has 2 N–H and O–H groups in total. The van der Waals surface area contributed by atoms with Gasteiger partial charge in [0.15, 0.2) is 0 Å². The predicted molar refractivity (Wildman–Crippen MR) is 107 cm³/mol. The molecule has 1 atom stereocenters. The Labute approximate surface area is 160 Å². The molecule has 0 radical (unpaired) electrons. The van der Waals surface area contributed by atoms with Gasteiger partial charge in [-0.3, -0.25) is 4.79 Å². The van der Waals surface area contributed by atoms with Gasteiger partial charge >= 0.3 is 6.03 Å². The number of aryl methyl sites for hydroxylation is 1. The number of benzene rings is 2. The van der Waals surface area contributed by atoms with Crippen LogP contribution in [0.1, 0.15) is 48.9 Å². The summed E-state index contributed by atoms with van der Waals surface area (Å²) in [6, 6.07) is 15.4. The number of rotatable bonds is 5. The first-order valence-corrected chi connectivity index (χ1v) is 9.52. The molecule has 5 heteroatoms. The van der Waals surface area contributed by atoms with E-state index in [2.05, 4.69) is 10.6 Å². The lowest BCUT2D eigenvalue weighted by Gasteiger charge is -2.27. The molecule has 1 aliphatic rings. The lowest BCUT2D eigenvalue weighted by Crippen LogP contribution is -2.34. The third kappa shape index (κ3) is 5.09. The second kappa shape index (κ2) is 8.71. The summed E-state index contributed by atoms with van der Waals surface area (Å²) in [5.41, 5.74) is 4.00. The van der Waals surface area contributed by atoms with Gasteiger partial charge in [0.1, 0.15) is 0 Å². The molecular weight excluding hydrogens is 338 g/mol. The zero-order chi connectivity index (χ0) is 19.2. The molecule has 0 saturated carbocycles. The molecule has 2 aromatic carbocycles. The van der Waals surface area contributed by atoms with E-state index >= 15 is 0 Å². The van der Waals surface area contributed by atoms with Crippen molar-refractivity contribution in [3.8, 4) is 0 Å². The summed E-state index contributed by atoms with van der Waals surface area (Å²) < 4.78 is 0. The van der Waals surface area contributed by atoms with Crippen LogP contribution in [0, 0.1) is 6.92 Å². The molecule has 0 aliphatic carbocycles. The standard InChI is InChI=1S/C22H27N3O2/c1-16-8-3-4-11-20(16)17(2)23-22(27)24-19-10-7-9-18(14-19)15-25-13-6-5-12-21(25)26/h3-4,7-11,14,17H,5-6,12-13,15H2,1-2H3,(H2,23,24,27). The maximum atomic E-state index is 12.4. The second-order valence-electron chi connectivity index (χ2n) is 7.15. The Balaban J connectivity index is 1.59. The molecular formula is C22H27N3O2. The Kier molecular flexibility index (Phi) is 6.12. The van der Waals surface area contributed by atoms with Crippen LogP contribution in [-0.2, 0) is 11.3 Å². The average molecular weight is 365 g/mol. The summed E-state index contributed by atoms with van der Waals surface area (Å²) >= 11 is 0. The molecule has 1 unspecified atom stereocenters. The summed E-state index contributed by atoms with van der Waals surface area (Å²) in [7, 11) is 0. The van der Waals surface area contributed by atoms with Crippen molar-refractivity contribution < 1.29 is 9.59 Å². The van der Waals surface area contributed by atoms with E-state index in [0.717, 1.165) is 41.8 Å². The third-order valence-electron chi connectivity index (χ3n) is 4.98. The Morgan fingerprint density at radius 3 is 2.74 bits per heavy atom. The van der Waals surface area contributed by atoms with Crippen LogP contribution in [0.4, 0.5) is 10.5 Å². The topological polar surface area (TPSA) is 61.4 Å². The summed E-state index contributed by atoms with van der Waals surface area (Å²) in [6.45, 7) is 5.41. The molecule has 0 spiro atoms. The number of carbonyl (C=O) groups is 2. The van der Waals surface area contributed by atoms with Gasteiger partial charge in [-0.05, 0) is 55.5 Å². The zero-order valence-corrected chi connectivity index (χ0v) is 16.0. The number of hydrogen-bond donors (Lipinski definition) is 2. The molecule has 1 fully saturated rings. The summed E-state index contributed by atoms with van der Waals surface area (Å²) in [6.07, 6.45) is 2.68. The van der Waals surface area contributed by atoms with Gasteiger partial charge in [-0.1, -0.05) is 36.4 Å². The van der Waals surface area contributed by atoms with Crippen LogP contribution in [0.5, 0.6) is 0 Å². The maximum Gasteiger partial charge on any atom is 0.319 e. The van der Waals surface area contributed by atoms with Crippen molar-refractivity contribution in [3.63, 3.8) is 0 Å². The molecule has 3 amide bonds. The molecule has 142 valence electrons. The van der Waals surface area contributed by atoms with Gasteiger partial charge in [0.25, 0.3) is 0 Å². The van der Waals surface area contributed by atoms with Crippen LogP contribution in [0.15, 0.2) is 48.5 Å². The highest BCUT2D eigenvalue weighted by atomic mass is 16.2. The fourth-order valence-corrected chi connectivity index (χ4v) is 3.51. The molecule has 1 aliphatic heterocycles. The minimum Gasteiger partial charge on any atom is -0.338 e. The number of urea groups is 1. The summed E-state index contributed by atoms with van der Waals surface area (Å²) in [4.78, 5) is 26.3. The van der Waals surface area contributed by atoms with Crippen molar-refractivity contribution in [2.24, 2.45) is 0 Å². The fourth-order valence-electron chi connectivity index (χ4n) is 3.51. The zero-order valence-electron chi connectivity index (χ0n) is 16.0. The first-order valence-electron chi connectivity index (χ1n) is 9.52. The van der Waals surface area contributed by atoms with Crippen LogP contribution < -0.4 is 10.6 Å². The van der Waals surface area contributed by atoms with Crippen molar-refractivity contribution >= 4 is 17.6 Å². The van der Waals surface area contributed by atoms with E-state index in [1.165, 1.54) is 0 Å². The van der Waals surface area contributed by atoms with E-state index in [4.69, 9.17) is 0 Å². The molecule has 0 aromatic heterocycles. The van der Waals surface area contributed by atoms with Gasteiger partial charge in [0.05, 0.1) is 6.04 Å².